The second kappa shape index (κ2) is 8.07. The fraction of sp³-hybridized carbons (Fsp3) is 0.333. The van der Waals surface area contributed by atoms with Crippen molar-refractivity contribution >= 4 is 22.7 Å². The van der Waals surface area contributed by atoms with Crippen molar-refractivity contribution in [3.8, 4) is 11.5 Å². The third-order valence-corrected chi connectivity index (χ3v) is 6.25. The fourth-order valence-electron chi connectivity index (χ4n) is 4.31. The van der Waals surface area contributed by atoms with Gasteiger partial charge in [0.2, 0.25) is 11.8 Å². The second-order valence-corrected chi connectivity index (χ2v) is 8.47. The minimum atomic E-state index is 0.135. The van der Waals surface area contributed by atoms with Gasteiger partial charge in [-0.2, -0.15) is 0 Å². The molecule has 2 fully saturated rings. The van der Waals surface area contributed by atoms with Gasteiger partial charge >= 0.3 is 0 Å². The molecule has 2 aromatic carbocycles. The van der Waals surface area contributed by atoms with Crippen LogP contribution in [-0.4, -0.2) is 28.0 Å². The van der Waals surface area contributed by atoms with Gasteiger partial charge in [0.25, 0.3) is 0 Å². The molecule has 1 aromatic heterocycles. The number of hydrazine groups is 1. The number of hydrogen-bond acceptors (Lipinski definition) is 6. The molecule has 1 amide bonds. The largest absolute Gasteiger partial charge is 0.436 e. The molecule has 7 heteroatoms. The van der Waals surface area contributed by atoms with Crippen LogP contribution in [0.5, 0.6) is 0 Å². The smallest absolute Gasteiger partial charge is 0.227 e. The van der Waals surface area contributed by atoms with Crippen LogP contribution in [0.1, 0.15) is 37.7 Å². The summed E-state index contributed by atoms with van der Waals surface area (Å²) in [6.07, 6.45) is 6.27. The number of carbonyl (C=O) groups is 1. The van der Waals surface area contributed by atoms with Crippen molar-refractivity contribution < 1.29 is 9.21 Å². The SMILES string of the molecule is N/C=C(/c1ccc(-c2nc3ccccc3o2)cc1)N(N)[C@@H]1CC[C@H](NC(=O)C2CC2)C1. The molecule has 0 unspecified atom stereocenters. The number of nitrogens with zero attached hydrogens (tertiary/aromatic N) is 2. The lowest BCUT2D eigenvalue weighted by Gasteiger charge is -2.28. The number of nitrogens with two attached hydrogens (primary N) is 2. The lowest BCUT2D eigenvalue weighted by atomic mass is 10.1. The van der Waals surface area contributed by atoms with Crippen LogP contribution in [0.2, 0.25) is 0 Å². The van der Waals surface area contributed by atoms with Crippen LogP contribution in [0.15, 0.2) is 59.1 Å². The van der Waals surface area contributed by atoms with E-state index in [1.165, 1.54) is 0 Å². The Labute approximate surface area is 181 Å². The van der Waals surface area contributed by atoms with Gasteiger partial charge in [-0.1, -0.05) is 24.3 Å². The van der Waals surface area contributed by atoms with Gasteiger partial charge in [-0.15, -0.1) is 0 Å². The summed E-state index contributed by atoms with van der Waals surface area (Å²) in [7, 11) is 0. The Kier molecular flexibility index (Phi) is 5.11. The summed E-state index contributed by atoms with van der Waals surface area (Å²) in [4.78, 5) is 16.6. The van der Waals surface area contributed by atoms with Crippen molar-refractivity contribution in [3.05, 3.63) is 60.3 Å². The van der Waals surface area contributed by atoms with Crippen LogP contribution in [0.25, 0.3) is 28.3 Å². The molecule has 2 aliphatic rings. The Bertz CT molecular complexity index is 1080. The highest BCUT2D eigenvalue weighted by molar-refractivity contribution is 5.81. The van der Waals surface area contributed by atoms with Crippen molar-refractivity contribution in [1.82, 2.24) is 15.3 Å². The van der Waals surface area contributed by atoms with E-state index in [2.05, 4.69) is 10.3 Å². The average molecular weight is 418 g/mol. The number of carbonyl (C=O) groups excluding carboxylic acids is 1. The van der Waals surface area contributed by atoms with Gasteiger partial charge < -0.3 is 20.5 Å². The van der Waals surface area contributed by atoms with Crippen molar-refractivity contribution in [3.63, 3.8) is 0 Å². The number of benzene rings is 2. The van der Waals surface area contributed by atoms with Crippen LogP contribution in [0.4, 0.5) is 0 Å². The Morgan fingerprint density at radius 1 is 1.10 bits per heavy atom. The van der Waals surface area contributed by atoms with E-state index in [-0.39, 0.29) is 23.9 Å². The zero-order valence-corrected chi connectivity index (χ0v) is 17.3. The predicted molar refractivity (Wildman–Crippen MR) is 120 cm³/mol. The molecular weight excluding hydrogens is 390 g/mol. The van der Waals surface area contributed by atoms with E-state index in [0.717, 1.165) is 60.0 Å². The first kappa shape index (κ1) is 19.6. The maximum Gasteiger partial charge on any atom is 0.227 e. The minimum absolute atomic E-state index is 0.135. The molecule has 3 aromatic rings. The number of oxazole rings is 1. The molecule has 5 N–H and O–H groups in total. The first-order valence-electron chi connectivity index (χ1n) is 10.8. The van der Waals surface area contributed by atoms with E-state index in [1.807, 2.05) is 48.5 Å². The summed E-state index contributed by atoms with van der Waals surface area (Å²) in [5, 5.41) is 4.92. The van der Waals surface area contributed by atoms with Crippen LogP contribution < -0.4 is 16.9 Å². The van der Waals surface area contributed by atoms with Gasteiger partial charge in [-0.3, -0.25) is 4.79 Å². The molecule has 7 nitrogen and oxygen atoms in total. The minimum Gasteiger partial charge on any atom is -0.436 e. The standard InChI is InChI=1S/C24H27N5O2/c25-14-21(29(26)19-12-11-18(13-19)27-23(30)16-7-8-16)15-5-9-17(10-6-15)24-28-20-3-1-2-4-22(20)31-24/h1-6,9-10,14,16,18-19H,7-8,11-13,25-26H2,(H,27,30)/b21-14-/t18-,19+/m0/s1. The van der Waals surface area contributed by atoms with Gasteiger partial charge in [0.05, 0.1) is 5.70 Å². The van der Waals surface area contributed by atoms with Crippen molar-refractivity contribution in [1.29, 1.82) is 0 Å². The Hall–Kier alpha value is -3.32. The summed E-state index contributed by atoms with van der Waals surface area (Å²) in [5.41, 5.74) is 10.1. The number of para-hydroxylation sites is 2. The Morgan fingerprint density at radius 3 is 2.58 bits per heavy atom. The molecular formula is C24H27N5O2. The number of rotatable bonds is 6. The Balaban J connectivity index is 1.27. The first-order chi connectivity index (χ1) is 15.1. The summed E-state index contributed by atoms with van der Waals surface area (Å²) < 4.78 is 5.85. The molecule has 0 radical (unpaired) electrons. The van der Waals surface area contributed by atoms with E-state index in [9.17, 15) is 4.79 Å². The second-order valence-electron chi connectivity index (χ2n) is 8.47. The topological polar surface area (TPSA) is 110 Å². The Morgan fingerprint density at radius 2 is 1.87 bits per heavy atom. The van der Waals surface area contributed by atoms with Crippen molar-refractivity contribution in [2.75, 3.05) is 0 Å². The van der Waals surface area contributed by atoms with Gasteiger partial charge in [0, 0.05) is 35.3 Å². The van der Waals surface area contributed by atoms with E-state index < -0.39 is 0 Å². The lowest BCUT2D eigenvalue weighted by Crippen LogP contribution is -2.40. The molecule has 160 valence electrons. The number of aromatic nitrogens is 1. The number of hydrogen-bond donors (Lipinski definition) is 3. The van der Waals surface area contributed by atoms with Gasteiger partial charge in [0.15, 0.2) is 5.58 Å². The van der Waals surface area contributed by atoms with Crippen LogP contribution in [-0.2, 0) is 4.79 Å². The number of nitrogens with one attached hydrogen (secondary N) is 1. The normalized spacial score (nSPS) is 21.4. The van der Waals surface area contributed by atoms with E-state index in [0.29, 0.717) is 5.89 Å². The fourth-order valence-corrected chi connectivity index (χ4v) is 4.31. The maximum absolute atomic E-state index is 12.1. The van der Waals surface area contributed by atoms with E-state index >= 15 is 0 Å². The zero-order valence-electron chi connectivity index (χ0n) is 17.3. The van der Waals surface area contributed by atoms with E-state index in [1.54, 1.807) is 11.2 Å². The molecule has 5 rings (SSSR count). The van der Waals surface area contributed by atoms with Crippen LogP contribution in [0.3, 0.4) is 0 Å². The molecule has 0 aliphatic heterocycles. The molecule has 2 saturated carbocycles. The summed E-state index contributed by atoms with van der Waals surface area (Å²) in [6, 6.07) is 15.9. The molecule has 1 heterocycles. The van der Waals surface area contributed by atoms with Gasteiger partial charge in [-0.05, 0) is 56.4 Å². The summed E-state index contributed by atoms with van der Waals surface area (Å²) in [6.45, 7) is 0. The number of fused-ring (bicyclic) bond motifs is 1. The molecule has 0 bridgehead atoms. The maximum atomic E-state index is 12.1. The highest BCUT2D eigenvalue weighted by Gasteiger charge is 2.35. The highest BCUT2D eigenvalue weighted by atomic mass is 16.3. The highest BCUT2D eigenvalue weighted by Crippen LogP contribution is 2.32. The van der Waals surface area contributed by atoms with Gasteiger partial charge in [0.1, 0.15) is 5.52 Å². The predicted octanol–water partition coefficient (Wildman–Crippen LogP) is 3.37. The lowest BCUT2D eigenvalue weighted by molar-refractivity contribution is -0.122. The average Bonchev–Trinajstić information content (AvgIpc) is 3.39. The summed E-state index contributed by atoms with van der Waals surface area (Å²) in [5.74, 6) is 7.48. The molecule has 0 spiro atoms. The van der Waals surface area contributed by atoms with Crippen molar-refractivity contribution in [2.24, 2.45) is 17.5 Å². The van der Waals surface area contributed by atoms with Crippen LogP contribution >= 0.6 is 0 Å². The molecule has 0 saturated heterocycles. The quantitative estimate of drug-likeness (QED) is 0.419. The first-order valence-corrected chi connectivity index (χ1v) is 10.8. The monoisotopic (exact) mass is 417 g/mol. The number of amides is 1. The molecule has 2 aliphatic carbocycles. The van der Waals surface area contributed by atoms with Gasteiger partial charge in [-0.25, -0.2) is 10.8 Å². The zero-order chi connectivity index (χ0) is 21.4. The van der Waals surface area contributed by atoms with Crippen LogP contribution in [0, 0.1) is 5.92 Å². The summed E-state index contributed by atoms with van der Waals surface area (Å²) >= 11 is 0. The molecule has 31 heavy (non-hydrogen) atoms. The van der Waals surface area contributed by atoms with Crippen molar-refractivity contribution in [2.45, 2.75) is 44.2 Å². The molecule has 2 atom stereocenters. The van der Waals surface area contributed by atoms with E-state index in [4.69, 9.17) is 16.0 Å². The third-order valence-electron chi connectivity index (χ3n) is 6.25. The third kappa shape index (κ3) is 4.01.